The molecule has 0 aliphatic carbocycles. The van der Waals surface area contributed by atoms with Gasteiger partial charge in [-0.25, -0.2) is 9.78 Å². The van der Waals surface area contributed by atoms with Crippen LogP contribution in [0.25, 0.3) is 0 Å². The number of unbranched alkanes of at least 4 members (excludes halogenated alkanes) is 1. The highest BCUT2D eigenvalue weighted by molar-refractivity contribution is 8.00. The predicted molar refractivity (Wildman–Crippen MR) is 304 cm³/mol. The Kier molecular flexibility index (Phi) is 29.3. The van der Waals surface area contributed by atoms with E-state index < -0.39 is 104 Å². The Labute approximate surface area is 495 Å². The van der Waals surface area contributed by atoms with Gasteiger partial charge in [-0.2, -0.15) is 11.8 Å². The number of hydrogen-bond acceptors (Lipinski definition) is 19. The minimum Gasteiger partial charge on any atom is -0.508 e. The highest BCUT2D eigenvalue weighted by Crippen LogP contribution is 2.33. The molecule has 2 saturated heterocycles. The van der Waals surface area contributed by atoms with Crippen LogP contribution in [0.15, 0.2) is 43.0 Å². The average molecular weight is 1210 g/mol. The third-order valence-corrected chi connectivity index (χ3v) is 14.9. The Morgan fingerprint density at radius 1 is 0.776 bits per heavy atom. The summed E-state index contributed by atoms with van der Waals surface area (Å²) in [4.78, 5) is 138. The molecule has 6 rings (SSSR count). The molecule has 85 heavy (non-hydrogen) atoms. The number of rotatable bonds is 23. The van der Waals surface area contributed by atoms with Gasteiger partial charge in [0.05, 0.1) is 76.8 Å². The molecule has 3 aromatic rings. The molecule has 11 amide bonds. The second kappa shape index (κ2) is 36.7. The molecule has 3 aliphatic heterocycles. The number of carbonyl (C=O) groups is 10. The first-order valence-electron chi connectivity index (χ1n) is 28.3. The third-order valence-electron chi connectivity index (χ3n) is 13.4. The first-order valence-corrected chi connectivity index (χ1v) is 29.4. The fourth-order valence-electron chi connectivity index (χ4n) is 9.05. The van der Waals surface area contributed by atoms with E-state index in [1.807, 2.05) is 25.6 Å². The highest BCUT2D eigenvalue weighted by atomic mass is 32.2. The van der Waals surface area contributed by atoms with E-state index >= 15 is 0 Å². The topological polar surface area (TPSA) is 445 Å². The van der Waals surface area contributed by atoms with Gasteiger partial charge in [0.1, 0.15) is 42.6 Å². The van der Waals surface area contributed by atoms with E-state index in [1.54, 1.807) is 0 Å². The summed E-state index contributed by atoms with van der Waals surface area (Å²) in [5.41, 5.74) is 6.73. The van der Waals surface area contributed by atoms with E-state index in [0.29, 0.717) is 42.3 Å². The number of nitrogens with zero attached hydrogens (tertiary/aromatic N) is 4. The van der Waals surface area contributed by atoms with Crippen molar-refractivity contribution in [1.82, 2.24) is 78.1 Å². The first-order chi connectivity index (χ1) is 41.0. The number of aliphatic hydroxyl groups is 1. The first kappa shape index (κ1) is 67.8. The molecule has 468 valence electrons. The highest BCUT2D eigenvalue weighted by Gasteiger charge is 2.42. The van der Waals surface area contributed by atoms with Crippen molar-refractivity contribution in [3.05, 3.63) is 59.9 Å². The average Bonchev–Trinajstić information content (AvgIpc) is 4.47. The normalized spacial score (nSPS) is 22.9. The number of H-pyrrole nitrogens is 1. The van der Waals surface area contributed by atoms with E-state index in [2.05, 4.69) is 73.4 Å². The molecule has 2 bridgehead atoms. The molecule has 15 N–H and O–H groups in total. The molecule has 0 radical (unpaired) electrons. The number of aromatic nitrogens is 5. The summed E-state index contributed by atoms with van der Waals surface area (Å²) < 4.78 is 18.1. The minimum absolute atomic E-state index is 0.00440. The number of aryl methyl sites for hydroxylation is 1. The molecule has 2 fully saturated rings. The van der Waals surface area contributed by atoms with Crippen molar-refractivity contribution in [3.63, 3.8) is 0 Å². The Balaban J connectivity index is 0.00000653. The van der Waals surface area contributed by atoms with Crippen molar-refractivity contribution in [3.8, 4) is 5.75 Å². The number of ether oxygens (including phenoxy) is 3. The lowest BCUT2D eigenvalue weighted by atomic mass is 10.0. The van der Waals surface area contributed by atoms with Crippen LogP contribution in [0.2, 0.25) is 0 Å². The van der Waals surface area contributed by atoms with Gasteiger partial charge < -0.3 is 88.3 Å². The molecule has 3 aliphatic rings. The molecule has 1 aromatic carbocycles. The number of amides is 11. The van der Waals surface area contributed by atoms with Crippen molar-refractivity contribution in [2.45, 2.75) is 132 Å². The molecule has 8 atom stereocenters. The SMILES string of the molecule is CC.NC(=O)[C@@H]1CCCCn2cc(nn2)C[C@H](NC(=O)COCCOCCOCCNC(=O)CCCC[C@H]2SC[C@H]3NC(=O)N[C@H]32)C(=O)N[C@@H](Cc2cnc[nH]2)C(=O)NCC(=O)N[C@@H](CO)C(=O)N[C@@H](Cc2ccc(O)cc2)C(=O)NCC(=O)N1. The summed E-state index contributed by atoms with van der Waals surface area (Å²) in [6.45, 7) is 2.56. The number of urea groups is 1. The molecule has 5 heterocycles. The number of fused-ring (bicyclic) bond motifs is 3. The van der Waals surface area contributed by atoms with Crippen molar-refractivity contribution < 1.29 is 72.4 Å². The van der Waals surface area contributed by atoms with Gasteiger partial charge in [-0.3, -0.25) is 47.8 Å². The predicted octanol–water partition coefficient (Wildman–Crippen LogP) is -4.03. The monoisotopic (exact) mass is 1210 g/mol. The van der Waals surface area contributed by atoms with Crippen LogP contribution in [-0.2, 0) is 83.2 Å². The van der Waals surface area contributed by atoms with Gasteiger partial charge in [-0.05, 0) is 49.8 Å². The number of aromatic hydroxyl groups is 1. The molecule has 2 aromatic heterocycles. The van der Waals surface area contributed by atoms with E-state index in [-0.39, 0.29) is 101 Å². The lowest BCUT2D eigenvalue weighted by Crippen LogP contribution is -2.58. The van der Waals surface area contributed by atoms with Gasteiger partial charge in [0.15, 0.2) is 0 Å². The molecule has 0 saturated carbocycles. The zero-order valence-corrected chi connectivity index (χ0v) is 48.5. The number of aliphatic hydroxyl groups excluding tert-OH is 1. The number of thioether (sulfide) groups is 1. The number of primary amides is 1. The lowest BCUT2D eigenvalue weighted by molar-refractivity contribution is -0.134. The third kappa shape index (κ3) is 24.3. The smallest absolute Gasteiger partial charge is 0.315 e. The van der Waals surface area contributed by atoms with Crippen LogP contribution >= 0.6 is 11.8 Å². The van der Waals surface area contributed by atoms with Crippen LogP contribution < -0.4 is 58.9 Å². The van der Waals surface area contributed by atoms with Crippen molar-refractivity contribution >= 4 is 71.0 Å². The van der Waals surface area contributed by atoms with Crippen molar-refractivity contribution in [1.29, 1.82) is 0 Å². The number of aromatic amines is 1. The second-order valence-corrected chi connectivity index (χ2v) is 21.1. The van der Waals surface area contributed by atoms with E-state index in [9.17, 15) is 58.2 Å². The Hall–Kier alpha value is -7.94. The zero-order valence-electron chi connectivity index (χ0n) is 47.7. The number of hydrogen-bond donors (Lipinski definition) is 14. The summed E-state index contributed by atoms with van der Waals surface area (Å²) >= 11 is 1.84. The number of nitrogens with two attached hydrogens (primary N) is 1. The van der Waals surface area contributed by atoms with Crippen molar-refractivity contribution in [2.24, 2.45) is 5.73 Å². The number of imidazole rings is 1. The van der Waals surface area contributed by atoms with Crippen molar-refractivity contribution in [2.75, 3.05) is 71.6 Å². The van der Waals surface area contributed by atoms with E-state index in [4.69, 9.17) is 19.9 Å². The fraction of sp³-hybridized carbons (Fsp3) is 0.604. The maximum absolute atomic E-state index is 14.2. The van der Waals surface area contributed by atoms with Gasteiger partial charge in [-0.15, -0.1) is 5.10 Å². The maximum Gasteiger partial charge on any atom is 0.315 e. The van der Waals surface area contributed by atoms with Gasteiger partial charge in [0.25, 0.3) is 0 Å². The van der Waals surface area contributed by atoms with E-state index in [1.165, 1.54) is 47.7 Å². The molecular weight excluding hydrogens is 1130 g/mol. The summed E-state index contributed by atoms with van der Waals surface area (Å²) in [5.74, 6) is -6.12. The summed E-state index contributed by atoms with van der Waals surface area (Å²) in [7, 11) is 0. The van der Waals surface area contributed by atoms with Crippen LogP contribution in [0.5, 0.6) is 5.75 Å². The number of phenolic OH excluding ortho intramolecular Hbond substituents is 1. The van der Waals surface area contributed by atoms with Crippen LogP contribution in [0.4, 0.5) is 4.79 Å². The van der Waals surface area contributed by atoms with Crippen LogP contribution in [0, 0.1) is 0 Å². The number of benzene rings is 1. The lowest BCUT2D eigenvalue weighted by Gasteiger charge is -2.23. The Bertz CT molecular complexity index is 2650. The Morgan fingerprint density at radius 2 is 1.46 bits per heavy atom. The summed E-state index contributed by atoms with van der Waals surface area (Å²) in [6, 6.07) is -1.07. The number of phenols is 1. The van der Waals surface area contributed by atoms with Gasteiger partial charge in [0, 0.05) is 67.9 Å². The van der Waals surface area contributed by atoms with Gasteiger partial charge in [-0.1, -0.05) is 37.6 Å². The van der Waals surface area contributed by atoms with Gasteiger partial charge >= 0.3 is 6.03 Å². The van der Waals surface area contributed by atoms with Crippen LogP contribution in [0.1, 0.15) is 75.7 Å². The molecule has 0 spiro atoms. The van der Waals surface area contributed by atoms with E-state index in [0.717, 1.165) is 25.0 Å². The Morgan fingerprint density at radius 3 is 2.15 bits per heavy atom. The molecular formula is C53H80N16O15S. The largest absolute Gasteiger partial charge is 0.508 e. The summed E-state index contributed by atoms with van der Waals surface area (Å²) in [6.07, 6.45) is 7.54. The molecule has 32 heteroatoms. The fourth-order valence-corrected chi connectivity index (χ4v) is 10.6. The number of carbonyl (C=O) groups excluding carboxylic acids is 10. The molecule has 31 nitrogen and oxygen atoms in total. The standard InChI is InChI=1S/C51H74N16O15S.C2H6/c52-46(74)34-5-3-4-13-67-25-32(65-66-67)21-37(59-44(73)27-82-18-17-81-16-15-80-14-12-54-41(70)7-2-1-6-40-45-39(28-83-40)63-51(79)64-45)49(77)62-36(20-31-22-53-29-57-31)48(76)56-24-43(72)60-38(26-68)50(78)61-35(47(75)55-23-42(71)58-34)19-30-8-10-33(69)11-9-30;1-2/h8-11,22,25,29,34-40,45,68-69H,1-7,12-21,23-24,26-28H2,(H2,52,74)(H,53,57)(H,54,70)(H,55,75)(H,56,76)(H,58,71)(H,59,73)(H,60,72)(H,61,78)(H,62,77)(H2,63,64,79);1-2H3/t34-,35-,36-,37-,38-,39+,40+,45+;/m0./s1. The number of nitrogens with one attached hydrogen (secondary N) is 11. The maximum atomic E-state index is 14.2. The summed E-state index contributed by atoms with van der Waals surface area (Å²) in [5, 5.41) is 54.7. The second-order valence-electron chi connectivity index (χ2n) is 19.8. The zero-order chi connectivity index (χ0) is 61.5. The van der Waals surface area contributed by atoms with Gasteiger partial charge in [0.2, 0.25) is 53.2 Å². The minimum atomic E-state index is -1.66. The van der Waals surface area contributed by atoms with Crippen LogP contribution in [-0.4, -0.2) is 214 Å². The van der Waals surface area contributed by atoms with Crippen LogP contribution in [0.3, 0.4) is 0 Å². The molecule has 0 unspecified atom stereocenters. The quantitative estimate of drug-likeness (QED) is 0.0318.